The molecule has 0 saturated carbocycles. The first-order chi connectivity index (χ1) is 21.2. The summed E-state index contributed by atoms with van der Waals surface area (Å²) in [7, 11) is 0. The van der Waals surface area contributed by atoms with Gasteiger partial charge in [-0.15, -0.1) is 16.4 Å². The quantitative estimate of drug-likeness (QED) is 0.166. The van der Waals surface area contributed by atoms with Crippen LogP contribution in [0.1, 0.15) is 55.8 Å². The van der Waals surface area contributed by atoms with E-state index in [0.29, 0.717) is 42.1 Å². The third-order valence-electron chi connectivity index (χ3n) is 7.46. The van der Waals surface area contributed by atoms with Crippen molar-refractivity contribution in [3.8, 4) is 16.6 Å². The first-order valence-corrected chi connectivity index (χ1v) is 15.9. The lowest BCUT2D eigenvalue weighted by Crippen LogP contribution is -2.39. The Morgan fingerprint density at radius 2 is 2.02 bits per heavy atom. The van der Waals surface area contributed by atoms with Gasteiger partial charge in [-0.25, -0.2) is 4.98 Å². The zero-order valence-corrected chi connectivity index (χ0v) is 26.4. The van der Waals surface area contributed by atoms with E-state index in [1.165, 1.54) is 11.3 Å². The summed E-state index contributed by atoms with van der Waals surface area (Å²) >= 11 is 1.34. The number of thiophene rings is 1. The summed E-state index contributed by atoms with van der Waals surface area (Å²) in [5.74, 6) is 0.536. The zero-order valence-electron chi connectivity index (χ0n) is 25.6. The summed E-state index contributed by atoms with van der Waals surface area (Å²) in [6, 6.07) is 15.4. The zero-order chi connectivity index (χ0) is 31.2. The molecule has 4 aromatic rings. The molecule has 3 aromatic heterocycles. The van der Waals surface area contributed by atoms with Crippen molar-refractivity contribution in [3.63, 3.8) is 0 Å². The number of carbonyl (C=O) groups excluding carboxylic acids is 2. The van der Waals surface area contributed by atoms with Crippen LogP contribution in [0.25, 0.3) is 21.6 Å². The normalized spacial score (nSPS) is 15.3. The van der Waals surface area contributed by atoms with E-state index in [4.69, 9.17) is 4.98 Å². The van der Waals surface area contributed by atoms with Crippen molar-refractivity contribution in [2.45, 2.75) is 59.7 Å². The standard InChI is InChI=1S/C33H38N8O2S/c1-21(2)15-24(17-34)32(43)40-14-6-7-25(40)20-41-28-10-9-23(19-35-18-22(3)4)16-27(28)37-33(41)38-31(42)30-12-11-29(44-30)26-8-5-13-36-39-26/h5,8-13,15-16,21-22,25,35H,6-7,14,18-20H2,1-4H3,(H,37,38,42)/t25-/m1/s1. The van der Waals surface area contributed by atoms with E-state index in [-0.39, 0.29) is 29.3 Å². The van der Waals surface area contributed by atoms with E-state index in [0.717, 1.165) is 40.9 Å². The summed E-state index contributed by atoms with van der Waals surface area (Å²) in [6.07, 6.45) is 4.98. The second-order valence-corrected chi connectivity index (χ2v) is 12.9. The lowest BCUT2D eigenvalue weighted by atomic mass is 10.1. The molecule has 0 spiro atoms. The van der Waals surface area contributed by atoms with Gasteiger partial charge in [-0.2, -0.15) is 10.4 Å². The summed E-state index contributed by atoms with van der Waals surface area (Å²) in [5, 5.41) is 24.3. The molecule has 5 rings (SSSR count). The third-order valence-corrected chi connectivity index (χ3v) is 8.56. The fourth-order valence-electron chi connectivity index (χ4n) is 5.41. The van der Waals surface area contributed by atoms with E-state index in [9.17, 15) is 14.9 Å². The first kappa shape index (κ1) is 31.0. The van der Waals surface area contributed by atoms with Crippen LogP contribution in [-0.2, 0) is 17.9 Å². The molecule has 4 heterocycles. The van der Waals surface area contributed by atoms with Gasteiger partial charge in [-0.3, -0.25) is 14.9 Å². The van der Waals surface area contributed by atoms with Gasteiger partial charge in [0.05, 0.1) is 26.8 Å². The topological polar surface area (TPSA) is 129 Å². The minimum atomic E-state index is -0.272. The Morgan fingerprint density at radius 3 is 2.75 bits per heavy atom. The molecule has 11 heteroatoms. The van der Waals surface area contributed by atoms with E-state index in [1.54, 1.807) is 23.2 Å². The molecule has 44 heavy (non-hydrogen) atoms. The molecule has 2 amide bonds. The van der Waals surface area contributed by atoms with E-state index < -0.39 is 0 Å². The van der Waals surface area contributed by atoms with Gasteiger partial charge in [0.15, 0.2) is 0 Å². The highest BCUT2D eigenvalue weighted by molar-refractivity contribution is 7.17. The number of rotatable bonds is 11. The third kappa shape index (κ3) is 7.21. The van der Waals surface area contributed by atoms with Crippen LogP contribution < -0.4 is 10.6 Å². The van der Waals surface area contributed by atoms with Gasteiger partial charge in [0.25, 0.3) is 11.8 Å². The van der Waals surface area contributed by atoms with Crippen LogP contribution in [0.4, 0.5) is 5.95 Å². The highest BCUT2D eigenvalue weighted by atomic mass is 32.1. The molecule has 1 aliphatic rings. The number of nitrogens with zero attached hydrogens (tertiary/aromatic N) is 6. The predicted octanol–water partition coefficient (Wildman–Crippen LogP) is 5.65. The number of nitriles is 1. The minimum absolute atomic E-state index is 0.0880. The Kier molecular flexibility index (Phi) is 9.82. The molecule has 0 bridgehead atoms. The number of allylic oxidation sites excluding steroid dienone is 1. The van der Waals surface area contributed by atoms with Crippen LogP contribution in [0.2, 0.25) is 0 Å². The lowest BCUT2D eigenvalue weighted by molar-refractivity contribution is -0.127. The van der Waals surface area contributed by atoms with Crippen molar-refractivity contribution >= 4 is 40.1 Å². The number of fused-ring (bicyclic) bond motifs is 1. The van der Waals surface area contributed by atoms with Gasteiger partial charge in [-0.05, 0) is 73.2 Å². The highest BCUT2D eigenvalue weighted by Gasteiger charge is 2.32. The molecule has 1 saturated heterocycles. The average molecular weight is 611 g/mol. The van der Waals surface area contributed by atoms with Crippen LogP contribution in [0.5, 0.6) is 0 Å². The Hall–Kier alpha value is -4.40. The molecule has 0 unspecified atom stereocenters. The van der Waals surface area contributed by atoms with Gasteiger partial charge >= 0.3 is 0 Å². The first-order valence-electron chi connectivity index (χ1n) is 15.1. The van der Waals surface area contributed by atoms with Gasteiger partial charge in [0.1, 0.15) is 17.3 Å². The summed E-state index contributed by atoms with van der Waals surface area (Å²) < 4.78 is 1.99. The van der Waals surface area contributed by atoms with E-state index >= 15 is 0 Å². The van der Waals surface area contributed by atoms with Crippen molar-refractivity contribution in [2.75, 3.05) is 18.4 Å². The van der Waals surface area contributed by atoms with Crippen molar-refractivity contribution in [1.29, 1.82) is 5.26 Å². The second kappa shape index (κ2) is 13.9. The number of hydrogen-bond acceptors (Lipinski definition) is 8. The molecule has 2 N–H and O–H groups in total. The summed E-state index contributed by atoms with van der Waals surface area (Å²) in [5.41, 5.74) is 3.62. The van der Waals surface area contributed by atoms with Gasteiger partial charge in [0.2, 0.25) is 5.95 Å². The van der Waals surface area contributed by atoms with Crippen molar-refractivity contribution in [2.24, 2.45) is 11.8 Å². The molecule has 0 radical (unpaired) electrons. The monoisotopic (exact) mass is 610 g/mol. The molecular formula is C33H38N8O2S. The highest BCUT2D eigenvalue weighted by Crippen LogP contribution is 2.29. The van der Waals surface area contributed by atoms with E-state index in [2.05, 4.69) is 46.8 Å². The summed E-state index contributed by atoms with van der Waals surface area (Å²) in [6.45, 7) is 10.9. The SMILES string of the molecule is CC(C)C=C(C#N)C(=O)N1CCC[C@@H]1Cn1c(NC(=O)c2ccc(-c3cccnn3)s2)nc2cc(CNCC(C)C)ccc21. The molecule has 1 fully saturated rings. The number of likely N-dealkylation sites (tertiary alicyclic amines) is 1. The largest absolute Gasteiger partial charge is 0.333 e. The van der Waals surface area contributed by atoms with Gasteiger partial charge in [0, 0.05) is 25.8 Å². The number of carbonyl (C=O) groups is 2. The van der Waals surface area contributed by atoms with Gasteiger partial charge in [-0.1, -0.05) is 39.8 Å². The number of anilines is 1. The predicted molar refractivity (Wildman–Crippen MR) is 173 cm³/mol. The van der Waals surface area contributed by atoms with Crippen LogP contribution in [0.3, 0.4) is 0 Å². The van der Waals surface area contributed by atoms with E-state index in [1.807, 2.05) is 48.7 Å². The Labute approximate surface area is 261 Å². The average Bonchev–Trinajstić information content (AvgIpc) is 3.75. The fraction of sp³-hybridized carbons (Fsp3) is 0.394. The number of hydrogen-bond donors (Lipinski definition) is 2. The van der Waals surface area contributed by atoms with Gasteiger partial charge < -0.3 is 14.8 Å². The van der Waals surface area contributed by atoms with Crippen molar-refractivity contribution < 1.29 is 9.59 Å². The maximum atomic E-state index is 13.5. The minimum Gasteiger partial charge on any atom is -0.333 e. The van der Waals surface area contributed by atoms with Crippen molar-refractivity contribution in [1.82, 2.24) is 30.0 Å². The maximum Gasteiger partial charge on any atom is 0.268 e. The van der Waals surface area contributed by atoms with Crippen LogP contribution in [-0.4, -0.2) is 55.6 Å². The Morgan fingerprint density at radius 1 is 1.18 bits per heavy atom. The number of nitrogens with one attached hydrogen (secondary N) is 2. The number of benzene rings is 1. The second-order valence-electron chi connectivity index (χ2n) is 11.9. The number of aromatic nitrogens is 4. The maximum absolute atomic E-state index is 13.5. The number of imidazole rings is 1. The molecule has 1 atom stereocenters. The molecule has 1 aliphatic heterocycles. The molecular weight excluding hydrogens is 572 g/mol. The fourth-order valence-corrected chi connectivity index (χ4v) is 6.28. The number of amides is 2. The van der Waals surface area contributed by atoms with Crippen LogP contribution >= 0.6 is 11.3 Å². The van der Waals surface area contributed by atoms with Crippen molar-refractivity contribution in [3.05, 3.63) is 70.8 Å². The van der Waals surface area contributed by atoms with Crippen LogP contribution in [0.15, 0.2) is 60.3 Å². The molecule has 0 aliphatic carbocycles. The summed E-state index contributed by atoms with van der Waals surface area (Å²) in [4.78, 5) is 34.9. The molecule has 10 nitrogen and oxygen atoms in total. The Balaban J connectivity index is 1.44. The van der Waals surface area contributed by atoms with Crippen LogP contribution in [0, 0.1) is 23.2 Å². The molecule has 228 valence electrons. The lowest BCUT2D eigenvalue weighted by Gasteiger charge is -2.26. The Bertz CT molecular complexity index is 1700. The molecule has 1 aromatic carbocycles. The smallest absolute Gasteiger partial charge is 0.268 e.